The summed E-state index contributed by atoms with van der Waals surface area (Å²) >= 11 is 12.1. The van der Waals surface area contributed by atoms with E-state index in [2.05, 4.69) is 5.32 Å². The number of halogens is 7. The molecule has 238 valence electrons. The highest BCUT2D eigenvalue weighted by atomic mass is 35.5. The SMILES string of the molecule is O=C(C1=C(c2ccc(CCCOc3c(F)ccc(F)c3Cl)cc2)C[C@H]2CNC[C@@H]12)N(Cc1cccc(C(F)(F)F)c1Cl)C1CC1. The van der Waals surface area contributed by atoms with E-state index in [1.165, 1.54) is 6.07 Å². The smallest absolute Gasteiger partial charge is 0.417 e. The zero-order chi connectivity index (χ0) is 31.9. The summed E-state index contributed by atoms with van der Waals surface area (Å²) in [7, 11) is 0. The summed E-state index contributed by atoms with van der Waals surface area (Å²) in [6.45, 7) is 1.63. The molecule has 1 saturated heterocycles. The summed E-state index contributed by atoms with van der Waals surface area (Å²) in [5.74, 6) is -1.61. The summed E-state index contributed by atoms with van der Waals surface area (Å²) in [6.07, 6.45) is -1.09. The Labute approximate surface area is 268 Å². The molecule has 4 nitrogen and oxygen atoms in total. The molecule has 0 spiro atoms. The topological polar surface area (TPSA) is 41.6 Å². The minimum atomic E-state index is -4.59. The Morgan fingerprint density at radius 2 is 1.69 bits per heavy atom. The highest BCUT2D eigenvalue weighted by Crippen LogP contribution is 2.46. The maximum absolute atomic E-state index is 14.3. The molecule has 1 N–H and O–H groups in total. The van der Waals surface area contributed by atoms with Crippen molar-refractivity contribution >= 4 is 34.7 Å². The average molecular weight is 666 g/mol. The Morgan fingerprint density at radius 1 is 0.956 bits per heavy atom. The molecule has 1 aliphatic heterocycles. The first kappa shape index (κ1) is 31.8. The highest BCUT2D eigenvalue weighted by Gasteiger charge is 2.45. The lowest BCUT2D eigenvalue weighted by Crippen LogP contribution is -2.36. The molecule has 2 atom stereocenters. The molecular formula is C34H31Cl2F5N2O2. The molecule has 2 aliphatic carbocycles. The first-order valence-corrected chi connectivity index (χ1v) is 15.7. The number of nitrogens with zero attached hydrogens (tertiary/aromatic N) is 1. The summed E-state index contributed by atoms with van der Waals surface area (Å²) in [5, 5.41) is 2.64. The number of hydrogen-bond acceptors (Lipinski definition) is 3. The lowest BCUT2D eigenvalue weighted by atomic mass is 9.93. The van der Waals surface area contributed by atoms with E-state index in [9.17, 15) is 26.7 Å². The Morgan fingerprint density at radius 3 is 2.40 bits per heavy atom. The van der Waals surface area contributed by atoms with E-state index in [0.29, 0.717) is 19.4 Å². The van der Waals surface area contributed by atoms with E-state index in [0.717, 1.165) is 66.3 Å². The monoisotopic (exact) mass is 664 g/mol. The van der Waals surface area contributed by atoms with Gasteiger partial charge in [0.1, 0.15) is 10.8 Å². The zero-order valence-corrected chi connectivity index (χ0v) is 25.7. The van der Waals surface area contributed by atoms with Crippen LogP contribution in [0.1, 0.15) is 47.9 Å². The van der Waals surface area contributed by atoms with Gasteiger partial charge in [0.05, 0.1) is 17.2 Å². The van der Waals surface area contributed by atoms with E-state index in [1.54, 1.807) is 11.0 Å². The van der Waals surface area contributed by atoms with E-state index in [-0.39, 0.29) is 58.3 Å². The van der Waals surface area contributed by atoms with Gasteiger partial charge in [0.15, 0.2) is 11.6 Å². The molecule has 2 fully saturated rings. The second kappa shape index (κ2) is 12.9. The van der Waals surface area contributed by atoms with Crippen molar-refractivity contribution in [1.29, 1.82) is 0 Å². The van der Waals surface area contributed by atoms with Crippen LogP contribution in [0.25, 0.3) is 5.57 Å². The van der Waals surface area contributed by atoms with E-state index < -0.39 is 23.4 Å². The quantitative estimate of drug-likeness (QED) is 0.134. The molecule has 0 unspecified atom stereocenters. The predicted octanol–water partition coefficient (Wildman–Crippen LogP) is 8.49. The molecule has 45 heavy (non-hydrogen) atoms. The van der Waals surface area contributed by atoms with Crippen LogP contribution in [-0.2, 0) is 23.9 Å². The third-order valence-electron chi connectivity index (χ3n) is 8.87. The first-order valence-electron chi connectivity index (χ1n) is 15.0. The third kappa shape index (κ3) is 6.71. The van der Waals surface area contributed by atoms with Gasteiger partial charge >= 0.3 is 6.18 Å². The minimum Gasteiger partial charge on any atom is -0.489 e. The van der Waals surface area contributed by atoms with Gasteiger partial charge in [0.2, 0.25) is 0 Å². The summed E-state index contributed by atoms with van der Waals surface area (Å²) in [5.41, 5.74) is 3.04. The van der Waals surface area contributed by atoms with Gasteiger partial charge in [-0.1, -0.05) is 59.6 Å². The van der Waals surface area contributed by atoms with Gasteiger partial charge in [-0.05, 0) is 85.0 Å². The lowest BCUT2D eigenvalue weighted by Gasteiger charge is -2.27. The Bertz CT molecular complexity index is 1620. The minimum absolute atomic E-state index is 0.0135. The molecular weight excluding hydrogens is 634 g/mol. The van der Waals surface area contributed by atoms with Crippen molar-refractivity contribution in [3.63, 3.8) is 0 Å². The number of hydrogen-bond donors (Lipinski definition) is 1. The molecule has 0 aromatic heterocycles. The molecule has 1 saturated carbocycles. The number of alkyl halides is 3. The van der Waals surface area contributed by atoms with Crippen LogP contribution >= 0.6 is 23.2 Å². The number of carbonyl (C=O) groups is 1. The number of rotatable bonds is 10. The van der Waals surface area contributed by atoms with Crippen LogP contribution < -0.4 is 10.1 Å². The molecule has 3 aromatic carbocycles. The maximum atomic E-state index is 14.3. The average Bonchev–Trinajstić information content (AvgIpc) is 3.64. The van der Waals surface area contributed by atoms with Gasteiger partial charge in [0, 0.05) is 30.6 Å². The lowest BCUT2D eigenvalue weighted by molar-refractivity contribution is -0.137. The van der Waals surface area contributed by atoms with Gasteiger partial charge in [-0.3, -0.25) is 4.79 Å². The van der Waals surface area contributed by atoms with Crippen molar-refractivity contribution in [3.8, 4) is 5.75 Å². The molecule has 1 amide bonds. The summed E-state index contributed by atoms with van der Waals surface area (Å²) in [4.78, 5) is 16.0. The highest BCUT2D eigenvalue weighted by molar-refractivity contribution is 6.32. The van der Waals surface area contributed by atoms with Gasteiger partial charge < -0.3 is 15.0 Å². The van der Waals surface area contributed by atoms with Crippen LogP contribution in [0, 0.1) is 23.5 Å². The largest absolute Gasteiger partial charge is 0.489 e. The molecule has 3 aromatic rings. The Hall–Kier alpha value is -3.14. The number of allylic oxidation sites excluding steroid dienone is 1. The number of amides is 1. The van der Waals surface area contributed by atoms with Gasteiger partial charge in [-0.2, -0.15) is 13.2 Å². The van der Waals surface area contributed by atoms with Crippen LogP contribution in [0.3, 0.4) is 0 Å². The number of nitrogens with one attached hydrogen (secondary N) is 1. The van der Waals surface area contributed by atoms with Crippen LogP contribution in [0.5, 0.6) is 5.75 Å². The maximum Gasteiger partial charge on any atom is 0.417 e. The predicted molar refractivity (Wildman–Crippen MR) is 163 cm³/mol. The van der Waals surface area contributed by atoms with Crippen LogP contribution in [-0.4, -0.2) is 36.5 Å². The van der Waals surface area contributed by atoms with E-state index >= 15 is 0 Å². The second-order valence-corrected chi connectivity index (χ2v) is 12.6. The fourth-order valence-corrected chi connectivity index (χ4v) is 6.92. The van der Waals surface area contributed by atoms with Crippen molar-refractivity contribution in [2.75, 3.05) is 19.7 Å². The summed E-state index contributed by atoms with van der Waals surface area (Å²) < 4.78 is 73.7. The van der Waals surface area contributed by atoms with Gasteiger partial charge in [0.25, 0.3) is 5.91 Å². The van der Waals surface area contributed by atoms with Gasteiger partial charge in [-0.25, -0.2) is 8.78 Å². The second-order valence-electron chi connectivity index (χ2n) is 11.9. The number of fused-ring (bicyclic) bond motifs is 1. The summed E-state index contributed by atoms with van der Waals surface area (Å²) in [6, 6.07) is 13.7. The van der Waals surface area contributed by atoms with Crippen molar-refractivity contribution in [2.45, 2.75) is 50.9 Å². The van der Waals surface area contributed by atoms with Crippen molar-refractivity contribution in [1.82, 2.24) is 10.2 Å². The fourth-order valence-electron chi connectivity index (χ4n) is 6.42. The molecule has 1 heterocycles. The van der Waals surface area contributed by atoms with Crippen molar-refractivity contribution in [3.05, 3.63) is 104 Å². The van der Waals surface area contributed by atoms with E-state index in [4.69, 9.17) is 27.9 Å². The number of aryl methyl sites for hydroxylation is 1. The van der Waals surface area contributed by atoms with Crippen LogP contribution in [0.4, 0.5) is 22.0 Å². The van der Waals surface area contributed by atoms with Gasteiger partial charge in [-0.15, -0.1) is 0 Å². The number of ether oxygens (including phenoxy) is 1. The Balaban J connectivity index is 1.19. The zero-order valence-electron chi connectivity index (χ0n) is 24.2. The van der Waals surface area contributed by atoms with Crippen LogP contribution in [0.15, 0.2) is 60.2 Å². The normalized spacial score (nSPS) is 19.6. The molecule has 0 bridgehead atoms. The Kier molecular flexibility index (Phi) is 9.14. The van der Waals surface area contributed by atoms with Crippen molar-refractivity contribution < 1.29 is 31.5 Å². The fraction of sp³-hybridized carbons (Fsp3) is 0.382. The molecule has 0 radical (unpaired) electrons. The standard InChI is InChI=1S/C34H31Cl2F5N2O2/c35-30-21(4-1-5-26(30)34(39,40)41)18-43(23-10-11-23)33(44)29-24(15-22-16-42-17-25(22)29)20-8-6-19(7-9-20)3-2-14-45-32-28(38)13-12-27(37)31(32)36/h1,4-9,12-13,22-23,25,42H,2-3,10-11,14-18H2/t22-,25+/m0/s1. The number of benzene rings is 3. The van der Waals surface area contributed by atoms with Crippen molar-refractivity contribution in [2.24, 2.45) is 11.8 Å². The van der Waals surface area contributed by atoms with E-state index in [1.807, 2.05) is 24.3 Å². The molecule has 3 aliphatic rings. The molecule has 11 heteroatoms. The molecule has 6 rings (SSSR count). The first-order chi connectivity index (χ1) is 21.5. The third-order valence-corrected chi connectivity index (χ3v) is 9.66. The number of carbonyl (C=O) groups excluding carboxylic acids is 1. The van der Waals surface area contributed by atoms with Crippen LogP contribution in [0.2, 0.25) is 10.0 Å².